The maximum Gasteiger partial charge on any atom is 0.109 e. The number of hydrogen-bond acceptors (Lipinski definition) is 2. The summed E-state index contributed by atoms with van der Waals surface area (Å²) in [6.45, 7) is 3.20. The van der Waals surface area contributed by atoms with Gasteiger partial charge in [-0.3, -0.25) is 0 Å². The Morgan fingerprint density at radius 3 is 2.72 bits per heavy atom. The normalized spacial score (nSPS) is 12.6. The molecule has 0 amide bonds. The van der Waals surface area contributed by atoms with Crippen molar-refractivity contribution in [1.29, 1.82) is 0 Å². The van der Waals surface area contributed by atoms with Crippen molar-refractivity contribution in [2.75, 3.05) is 6.54 Å². The first-order chi connectivity index (χ1) is 8.75. The van der Waals surface area contributed by atoms with E-state index in [1.165, 1.54) is 5.56 Å². The second-order valence-corrected chi connectivity index (χ2v) is 4.75. The van der Waals surface area contributed by atoms with Gasteiger partial charge in [0.15, 0.2) is 0 Å². The summed E-state index contributed by atoms with van der Waals surface area (Å²) in [5.74, 6) is 1.13. The van der Waals surface area contributed by atoms with Crippen LogP contribution < -0.4 is 5.32 Å². The summed E-state index contributed by atoms with van der Waals surface area (Å²) in [5, 5.41) is 3.54. The molecule has 0 aliphatic heterocycles. The van der Waals surface area contributed by atoms with E-state index < -0.39 is 0 Å². The van der Waals surface area contributed by atoms with Gasteiger partial charge in [-0.1, -0.05) is 30.3 Å². The lowest BCUT2D eigenvalue weighted by atomic mass is 10.1. The minimum atomic E-state index is 0.493. The van der Waals surface area contributed by atoms with Gasteiger partial charge >= 0.3 is 0 Å². The molecule has 1 N–H and O–H groups in total. The third kappa shape index (κ3) is 3.70. The number of nitrogens with zero attached hydrogens (tertiary/aromatic N) is 2. The summed E-state index contributed by atoms with van der Waals surface area (Å²) in [5.41, 5.74) is 1.38. The van der Waals surface area contributed by atoms with E-state index >= 15 is 0 Å². The van der Waals surface area contributed by atoms with Crippen molar-refractivity contribution >= 4 is 0 Å². The van der Waals surface area contributed by atoms with E-state index in [-0.39, 0.29) is 0 Å². The molecular formula is C15H21N3. The van der Waals surface area contributed by atoms with Crippen LogP contribution in [0.3, 0.4) is 0 Å². The largest absolute Gasteiger partial charge is 0.338 e. The van der Waals surface area contributed by atoms with Crippen LogP contribution in [0.5, 0.6) is 0 Å². The summed E-state index contributed by atoms with van der Waals surface area (Å²) < 4.78 is 2.07. The van der Waals surface area contributed by atoms with Crippen LogP contribution in [-0.4, -0.2) is 22.1 Å². The molecule has 1 heterocycles. The highest BCUT2D eigenvalue weighted by Gasteiger charge is 2.04. The molecule has 0 aliphatic rings. The van der Waals surface area contributed by atoms with Crippen LogP contribution in [0.4, 0.5) is 0 Å². The zero-order valence-electron chi connectivity index (χ0n) is 11.1. The monoisotopic (exact) mass is 243 g/mol. The predicted molar refractivity (Wildman–Crippen MR) is 74.5 cm³/mol. The quantitative estimate of drug-likeness (QED) is 0.843. The van der Waals surface area contributed by atoms with E-state index in [0.29, 0.717) is 6.04 Å². The van der Waals surface area contributed by atoms with Gasteiger partial charge in [-0.15, -0.1) is 0 Å². The molecule has 0 fully saturated rings. The summed E-state index contributed by atoms with van der Waals surface area (Å²) in [6, 6.07) is 11.1. The van der Waals surface area contributed by atoms with Crippen molar-refractivity contribution in [3.05, 3.63) is 54.1 Å². The molecule has 3 heteroatoms. The Hall–Kier alpha value is -1.61. The van der Waals surface area contributed by atoms with Crippen molar-refractivity contribution in [3.8, 4) is 0 Å². The van der Waals surface area contributed by atoms with E-state index in [1.54, 1.807) is 0 Å². The van der Waals surface area contributed by atoms with Crippen LogP contribution in [0, 0.1) is 0 Å². The smallest absolute Gasteiger partial charge is 0.109 e. The minimum Gasteiger partial charge on any atom is -0.338 e. The van der Waals surface area contributed by atoms with Gasteiger partial charge in [0, 0.05) is 38.4 Å². The van der Waals surface area contributed by atoms with E-state index in [4.69, 9.17) is 0 Å². The van der Waals surface area contributed by atoms with Crippen LogP contribution in [0.25, 0.3) is 0 Å². The molecule has 0 spiro atoms. The summed E-state index contributed by atoms with van der Waals surface area (Å²) >= 11 is 0. The number of hydrogen-bond donors (Lipinski definition) is 1. The molecule has 18 heavy (non-hydrogen) atoms. The van der Waals surface area contributed by atoms with Crippen LogP contribution in [0.1, 0.15) is 18.3 Å². The van der Waals surface area contributed by atoms with E-state index in [9.17, 15) is 0 Å². The van der Waals surface area contributed by atoms with Gasteiger partial charge in [-0.05, 0) is 18.9 Å². The Labute approximate surface area is 109 Å². The number of aryl methyl sites for hydroxylation is 1. The molecule has 96 valence electrons. The van der Waals surface area contributed by atoms with Crippen molar-refractivity contribution in [3.63, 3.8) is 0 Å². The first-order valence-electron chi connectivity index (χ1n) is 6.49. The summed E-state index contributed by atoms with van der Waals surface area (Å²) in [4.78, 5) is 4.32. The molecule has 1 atom stereocenters. The van der Waals surface area contributed by atoms with Crippen LogP contribution >= 0.6 is 0 Å². The number of aromatic nitrogens is 2. The Balaban J connectivity index is 1.72. The molecule has 2 rings (SSSR count). The van der Waals surface area contributed by atoms with Crippen LogP contribution in [0.15, 0.2) is 42.7 Å². The number of rotatable bonds is 6. The SMILES string of the molecule is CC(Cc1ccccc1)NCCc1nccn1C. The van der Waals surface area contributed by atoms with Gasteiger partial charge in [0.2, 0.25) is 0 Å². The van der Waals surface area contributed by atoms with Gasteiger partial charge in [0.05, 0.1) is 0 Å². The second kappa shape index (κ2) is 6.36. The maximum atomic E-state index is 4.32. The van der Waals surface area contributed by atoms with Gasteiger partial charge in [-0.25, -0.2) is 4.98 Å². The number of benzene rings is 1. The molecule has 2 aromatic rings. The van der Waals surface area contributed by atoms with Crippen LogP contribution in [-0.2, 0) is 19.9 Å². The molecule has 1 aromatic heterocycles. The van der Waals surface area contributed by atoms with Gasteiger partial charge in [-0.2, -0.15) is 0 Å². The molecule has 0 saturated heterocycles. The molecule has 3 nitrogen and oxygen atoms in total. The van der Waals surface area contributed by atoms with E-state index in [0.717, 1.165) is 25.2 Å². The molecule has 1 aromatic carbocycles. The molecule has 0 bridgehead atoms. The fraction of sp³-hybridized carbons (Fsp3) is 0.400. The average Bonchev–Trinajstić information content (AvgIpc) is 2.76. The highest BCUT2D eigenvalue weighted by Crippen LogP contribution is 2.03. The fourth-order valence-electron chi connectivity index (χ4n) is 2.11. The zero-order chi connectivity index (χ0) is 12.8. The van der Waals surface area contributed by atoms with Gasteiger partial charge in [0.1, 0.15) is 5.82 Å². The third-order valence-corrected chi connectivity index (χ3v) is 3.15. The van der Waals surface area contributed by atoms with Gasteiger partial charge in [0.25, 0.3) is 0 Å². The lowest BCUT2D eigenvalue weighted by Gasteiger charge is -2.13. The Morgan fingerprint density at radius 2 is 2.06 bits per heavy atom. The van der Waals surface area contributed by atoms with E-state index in [1.807, 2.05) is 19.4 Å². The molecule has 0 radical (unpaired) electrons. The Kier molecular flexibility index (Phi) is 4.53. The lowest BCUT2D eigenvalue weighted by molar-refractivity contribution is 0.540. The molecule has 0 aliphatic carbocycles. The van der Waals surface area contributed by atoms with Crippen molar-refractivity contribution in [1.82, 2.24) is 14.9 Å². The predicted octanol–water partition coefficient (Wildman–Crippen LogP) is 2.18. The zero-order valence-corrected chi connectivity index (χ0v) is 11.1. The Morgan fingerprint density at radius 1 is 1.28 bits per heavy atom. The minimum absolute atomic E-state index is 0.493. The number of nitrogens with one attached hydrogen (secondary N) is 1. The maximum absolute atomic E-state index is 4.32. The third-order valence-electron chi connectivity index (χ3n) is 3.15. The standard InChI is InChI=1S/C15H21N3/c1-13(12-14-6-4-3-5-7-14)16-9-8-15-17-10-11-18(15)2/h3-7,10-11,13,16H,8-9,12H2,1-2H3. The molecule has 1 unspecified atom stereocenters. The number of imidazole rings is 1. The topological polar surface area (TPSA) is 29.9 Å². The lowest BCUT2D eigenvalue weighted by Crippen LogP contribution is -2.30. The fourth-order valence-corrected chi connectivity index (χ4v) is 2.11. The first kappa shape index (κ1) is 12.8. The van der Waals surface area contributed by atoms with Crippen molar-refractivity contribution in [2.45, 2.75) is 25.8 Å². The Bertz CT molecular complexity index is 462. The van der Waals surface area contributed by atoms with Crippen molar-refractivity contribution in [2.24, 2.45) is 7.05 Å². The summed E-state index contributed by atoms with van der Waals surface area (Å²) in [6.07, 6.45) is 5.88. The highest BCUT2D eigenvalue weighted by atomic mass is 15.0. The summed E-state index contributed by atoms with van der Waals surface area (Å²) in [7, 11) is 2.04. The first-order valence-corrected chi connectivity index (χ1v) is 6.49. The second-order valence-electron chi connectivity index (χ2n) is 4.75. The molecular weight excluding hydrogens is 222 g/mol. The van der Waals surface area contributed by atoms with Gasteiger partial charge < -0.3 is 9.88 Å². The molecule has 0 saturated carbocycles. The average molecular weight is 243 g/mol. The van der Waals surface area contributed by atoms with Crippen LogP contribution in [0.2, 0.25) is 0 Å². The van der Waals surface area contributed by atoms with E-state index in [2.05, 4.69) is 52.1 Å². The van der Waals surface area contributed by atoms with Crippen molar-refractivity contribution < 1.29 is 0 Å². The highest BCUT2D eigenvalue weighted by molar-refractivity contribution is 5.15.